The van der Waals surface area contributed by atoms with E-state index in [1.54, 1.807) is 6.07 Å². The Kier molecular flexibility index (Phi) is 3.47. The van der Waals surface area contributed by atoms with Gasteiger partial charge in [0.15, 0.2) is 0 Å². The molecule has 2 N–H and O–H groups in total. The maximum Gasteiger partial charge on any atom is 0.0423 e. The van der Waals surface area contributed by atoms with Crippen molar-refractivity contribution in [2.75, 3.05) is 0 Å². The molecule has 1 aliphatic carbocycles. The summed E-state index contributed by atoms with van der Waals surface area (Å²) in [7, 11) is 0. The van der Waals surface area contributed by atoms with Gasteiger partial charge in [-0.1, -0.05) is 23.2 Å². The van der Waals surface area contributed by atoms with Gasteiger partial charge in [0.1, 0.15) is 0 Å². The third kappa shape index (κ3) is 2.50. The number of halogens is 3. The summed E-state index contributed by atoms with van der Waals surface area (Å²) >= 11 is 11.7. The van der Waals surface area contributed by atoms with Crippen molar-refractivity contribution < 1.29 is 0 Å². The highest BCUT2D eigenvalue weighted by molar-refractivity contribution is 6.34. The van der Waals surface area contributed by atoms with Crippen LogP contribution in [0.25, 0.3) is 0 Å². The van der Waals surface area contributed by atoms with Gasteiger partial charge in [0.05, 0.1) is 0 Å². The number of nitrogens with two attached hydrogens (primary N) is 1. The van der Waals surface area contributed by atoms with Crippen LogP contribution in [0, 0.1) is 0 Å². The van der Waals surface area contributed by atoms with Crippen molar-refractivity contribution in [1.82, 2.24) is 0 Å². The molecule has 0 amide bonds. The molecule has 2 rings (SSSR count). The van der Waals surface area contributed by atoms with Crippen LogP contribution in [0.4, 0.5) is 0 Å². The molecule has 1 aromatic carbocycles. The molecule has 0 aromatic heterocycles. The van der Waals surface area contributed by atoms with E-state index in [1.165, 1.54) is 5.56 Å². The molecule has 2 atom stereocenters. The first-order valence-electron chi connectivity index (χ1n) is 3.88. The van der Waals surface area contributed by atoms with Crippen molar-refractivity contribution in [3.8, 4) is 0 Å². The maximum absolute atomic E-state index is 5.84. The highest BCUT2D eigenvalue weighted by Gasteiger charge is 2.34. The van der Waals surface area contributed by atoms with Gasteiger partial charge < -0.3 is 5.73 Å². The molecule has 1 aromatic rings. The van der Waals surface area contributed by atoms with E-state index in [1.807, 2.05) is 12.1 Å². The SMILES string of the molecule is Cl.NC1CC1c1cc(Cl)cc(Cl)c1. The van der Waals surface area contributed by atoms with Gasteiger partial charge in [0, 0.05) is 22.0 Å². The Morgan fingerprint density at radius 1 is 1.15 bits per heavy atom. The summed E-state index contributed by atoms with van der Waals surface area (Å²) in [6.07, 6.45) is 1.05. The Balaban J connectivity index is 0.000000845. The largest absolute Gasteiger partial charge is 0.327 e. The van der Waals surface area contributed by atoms with Crippen molar-refractivity contribution >= 4 is 35.6 Å². The van der Waals surface area contributed by atoms with Gasteiger partial charge in [-0.25, -0.2) is 0 Å². The maximum atomic E-state index is 5.84. The molecule has 0 radical (unpaired) electrons. The minimum Gasteiger partial charge on any atom is -0.327 e. The Hall–Kier alpha value is 0.0500. The van der Waals surface area contributed by atoms with Gasteiger partial charge in [-0.2, -0.15) is 0 Å². The molecule has 4 heteroatoms. The second-order valence-electron chi connectivity index (χ2n) is 3.21. The molecule has 0 bridgehead atoms. The normalized spacial score (nSPS) is 25.2. The Morgan fingerprint density at radius 2 is 1.62 bits per heavy atom. The second kappa shape index (κ2) is 4.05. The van der Waals surface area contributed by atoms with Crippen LogP contribution in [0.15, 0.2) is 18.2 Å². The summed E-state index contributed by atoms with van der Waals surface area (Å²) in [5, 5.41) is 1.38. The van der Waals surface area contributed by atoms with Crippen LogP contribution >= 0.6 is 35.6 Å². The average molecular weight is 239 g/mol. The van der Waals surface area contributed by atoms with Crippen LogP contribution in [0.1, 0.15) is 17.9 Å². The Bertz CT molecular complexity index is 293. The lowest BCUT2D eigenvalue weighted by atomic mass is 10.1. The number of benzene rings is 1. The fourth-order valence-corrected chi connectivity index (χ4v) is 1.93. The molecule has 0 heterocycles. The van der Waals surface area contributed by atoms with Crippen LogP contribution in [0.5, 0.6) is 0 Å². The monoisotopic (exact) mass is 237 g/mol. The van der Waals surface area contributed by atoms with Crippen molar-refractivity contribution in [1.29, 1.82) is 0 Å². The summed E-state index contributed by atoms with van der Waals surface area (Å²) in [6, 6.07) is 5.91. The molecule has 72 valence electrons. The molecule has 0 saturated heterocycles. The molecular weight excluding hydrogens is 228 g/mol. The molecule has 13 heavy (non-hydrogen) atoms. The fraction of sp³-hybridized carbons (Fsp3) is 0.333. The highest BCUT2D eigenvalue weighted by Crippen LogP contribution is 2.40. The first kappa shape index (κ1) is 11.1. The zero-order valence-electron chi connectivity index (χ0n) is 6.84. The zero-order valence-corrected chi connectivity index (χ0v) is 9.16. The molecule has 1 saturated carbocycles. The van der Waals surface area contributed by atoms with E-state index in [2.05, 4.69) is 0 Å². The predicted molar refractivity (Wildman–Crippen MR) is 59.0 cm³/mol. The minimum absolute atomic E-state index is 0. The third-order valence-electron chi connectivity index (χ3n) is 2.15. The van der Waals surface area contributed by atoms with Gasteiger partial charge >= 0.3 is 0 Å². The van der Waals surface area contributed by atoms with E-state index in [-0.39, 0.29) is 12.4 Å². The van der Waals surface area contributed by atoms with Gasteiger partial charge in [0.2, 0.25) is 0 Å². The van der Waals surface area contributed by atoms with Gasteiger partial charge in [-0.05, 0) is 30.2 Å². The molecular formula is C9H10Cl3N. The molecule has 2 unspecified atom stereocenters. The van der Waals surface area contributed by atoms with Gasteiger partial charge in [0.25, 0.3) is 0 Å². The number of hydrogen-bond acceptors (Lipinski definition) is 1. The Labute approximate surface area is 93.6 Å². The summed E-state index contributed by atoms with van der Waals surface area (Å²) in [5.41, 5.74) is 6.88. The second-order valence-corrected chi connectivity index (χ2v) is 4.08. The number of hydrogen-bond donors (Lipinski definition) is 1. The lowest BCUT2D eigenvalue weighted by molar-refractivity contribution is 0.991. The molecule has 1 fully saturated rings. The highest BCUT2D eigenvalue weighted by atomic mass is 35.5. The van der Waals surface area contributed by atoms with Crippen LogP contribution in [-0.2, 0) is 0 Å². The van der Waals surface area contributed by atoms with E-state index < -0.39 is 0 Å². The Morgan fingerprint density at radius 3 is 2.00 bits per heavy atom. The average Bonchev–Trinajstić information content (AvgIpc) is 2.64. The molecule has 0 spiro atoms. The summed E-state index contributed by atoms with van der Waals surface area (Å²) in [6.45, 7) is 0. The predicted octanol–water partition coefficient (Wildman–Crippen LogP) is 3.23. The standard InChI is InChI=1S/C9H9Cl2N.ClH/c10-6-1-5(2-7(11)3-6)8-4-9(8)12;/h1-3,8-9H,4,12H2;1H. The smallest absolute Gasteiger partial charge is 0.0423 e. The van der Waals surface area contributed by atoms with Gasteiger partial charge in [-0.15, -0.1) is 12.4 Å². The zero-order chi connectivity index (χ0) is 8.72. The first-order valence-corrected chi connectivity index (χ1v) is 4.64. The van der Waals surface area contributed by atoms with Crippen molar-refractivity contribution in [2.24, 2.45) is 5.73 Å². The van der Waals surface area contributed by atoms with Crippen molar-refractivity contribution in [3.05, 3.63) is 33.8 Å². The van der Waals surface area contributed by atoms with E-state index in [4.69, 9.17) is 28.9 Å². The minimum atomic E-state index is 0. The van der Waals surface area contributed by atoms with Crippen molar-refractivity contribution in [2.45, 2.75) is 18.4 Å². The molecule has 1 aliphatic rings. The molecule has 1 nitrogen and oxygen atoms in total. The van der Waals surface area contributed by atoms with Crippen LogP contribution in [0.3, 0.4) is 0 Å². The first-order chi connectivity index (χ1) is 5.66. The topological polar surface area (TPSA) is 26.0 Å². The summed E-state index contributed by atoms with van der Waals surface area (Å²) < 4.78 is 0. The van der Waals surface area contributed by atoms with Crippen LogP contribution in [-0.4, -0.2) is 6.04 Å². The lowest BCUT2D eigenvalue weighted by Gasteiger charge is -2.00. The summed E-state index contributed by atoms with van der Waals surface area (Å²) in [5.74, 6) is 0.473. The summed E-state index contributed by atoms with van der Waals surface area (Å²) in [4.78, 5) is 0. The van der Waals surface area contributed by atoms with E-state index >= 15 is 0 Å². The van der Waals surface area contributed by atoms with E-state index in [9.17, 15) is 0 Å². The van der Waals surface area contributed by atoms with E-state index in [0.717, 1.165) is 6.42 Å². The third-order valence-corrected chi connectivity index (χ3v) is 2.59. The van der Waals surface area contributed by atoms with Crippen LogP contribution in [0.2, 0.25) is 10.0 Å². The lowest BCUT2D eigenvalue weighted by Crippen LogP contribution is -2.00. The van der Waals surface area contributed by atoms with Gasteiger partial charge in [-0.3, -0.25) is 0 Å². The van der Waals surface area contributed by atoms with Crippen molar-refractivity contribution in [3.63, 3.8) is 0 Å². The van der Waals surface area contributed by atoms with E-state index in [0.29, 0.717) is 22.0 Å². The quantitative estimate of drug-likeness (QED) is 0.799. The fourth-order valence-electron chi connectivity index (χ4n) is 1.39. The number of rotatable bonds is 1. The molecule has 0 aliphatic heterocycles. The van der Waals surface area contributed by atoms with Crippen LogP contribution < -0.4 is 5.73 Å².